The first-order chi connectivity index (χ1) is 7.91. The molecule has 0 saturated heterocycles. The Hall–Kier alpha value is -2.28. The Morgan fingerprint density at radius 3 is 2.24 bits per heavy atom. The molecule has 0 heterocycles. The minimum Gasteiger partial charge on any atom is -0.370 e. The molecule has 0 aliphatic rings. The van der Waals surface area contributed by atoms with Crippen LogP contribution in [0.25, 0.3) is 0 Å². The molecule has 1 amide bonds. The van der Waals surface area contributed by atoms with E-state index in [2.05, 4.69) is 0 Å². The monoisotopic (exact) mass is 237 g/mol. The number of hydrogen-bond acceptors (Lipinski definition) is 5. The quantitative estimate of drug-likeness (QED) is 0.422. The first kappa shape index (κ1) is 12.8. The van der Waals surface area contributed by atoms with Crippen molar-refractivity contribution in [2.24, 2.45) is 11.5 Å². The Labute approximate surface area is 96.5 Å². The van der Waals surface area contributed by atoms with Gasteiger partial charge in [-0.05, 0) is 12.1 Å². The maximum absolute atomic E-state index is 11.7. The maximum atomic E-state index is 11.7. The molecule has 0 saturated carbocycles. The number of benzene rings is 1. The third-order valence-electron chi connectivity index (χ3n) is 2.12. The van der Waals surface area contributed by atoms with E-state index in [1.807, 2.05) is 0 Å². The molecule has 0 aromatic heterocycles. The number of nitro groups is 1. The summed E-state index contributed by atoms with van der Waals surface area (Å²) in [5, 5.41) is 10.4. The van der Waals surface area contributed by atoms with Crippen LogP contribution in [0.3, 0.4) is 0 Å². The number of nitro benzene ring substituents is 1. The minimum atomic E-state index is -1.02. The first-order valence-electron chi connectivity index (χ1n) is 4.74. The molecule has 1 atom stereocenters. The predicted molar refractivity (Wildman–Crippen MR) is 59.2 cm³/mol. The molecule has 1 unspecified atom stereocenters. The predicted octanol–water partition coefficient (Wildman–Crippen LogP) is -0.0198. The second kappa shape index (κ2) is 5.17. The van der Waals surface area contributed by atoms with Gasteiger partial charge in [-0.15, -0.1) is 0 Å². The average molecular weight is 237 g/mol. The van der Waals surface area contributed by atoms with Gasteiger partial charge in [-0.25, -0.2) is 0 Å². The largest absolute Gasteiger partial charge is 0.370 e. The van der Waals surface area contributed by atoms with Crippen molar-refractivity contribution in [2.45, 2.75) is 12.5 Å². The van der Waals surface area contributed by atoms with Crippen LogP contribution in [0.4, 0.5) is 5.69 Å². The summed E-state index contributed by atoms with van der Waals surface area (Å²) in [6.45, 7) is 0. The lowest BCUT2D eigenvalue weighted by Crippen LogP contribution is -2.35. The highest BCUT2D eigenvalue weighted by atomic mass is 16.6. The van der Waals surface area contributed by atoms with Crippen LogP contribution in [-0.2, 0) is 4.79 Å². The highest BCUT2D eigenvalue weighted by Gasteiger charge is 2.18. The van der Waals surface area contributed by atoms with E-state index in [-0.39, 0.29) is 17.7 Å². The summed E-state index contributed by atoms with van der Waals surface area (Å²) in [6.07, 6.45) is -0.254. The van der Waals surface area contributed by atoms with Crippen molar-refractivity contribution in [1.82, 2.24) is 0 Å². The first-order valence-corrected chi connectivity index (χ1v) is 4.74. The van der Waals surface area contributed by atoms with Gasteiger partial charge in [0.15, 0.2) is 5.78 Å². The van der Waals surface area contributed by atoms with Crippen LogP contribution in [0.5, 0.6) is 0 Å². The summed E-state index contributed by atoms with van der Waals surface area (Å²) in [4.78, 5) is 32.1. The number of carbonyl (C=O) groups is 2. The van der Waals surface area contributed by atoms with Crippen molar-refractivity contribution < 1.29 is 14.5 Å². The Morgan fingerprint density at radius 1 is 1.29 bits per heavy atom. The van der Waals surface area contributed by atoms with Crippen molar-refractivity contribution in [3.8, 4) is 0 Å². The van der Waals surface area contributed by atoms with Gasteiger partial charge in [0.05, 0.1) is 11.0 Å². The minimum absolute atomic E-state index is 0.120. The topological polar surface area (TPSA) is 129 Å². The smallest absolute Gasteiger partial charge is 0.269 e. The molecule has 17 heavy (non-hydrogen) atoms. The molecule has 0 aliphatic carbocycles. The van der Waals surface area contributed by atoms with E-state index in [0.717, 1.165) is 0 Å². The van der Waals surface area contributed by atoms with Crippen LogP contribution in [0.15, 0.2) is 24.3 Å². The maximum Gasteiger partial charge on any atom is 0.269 e. The van der Waals surface area contributed by atoms with E-state index in [4.69, 9.17) is 11.5 Å². The lowest BCUT2D eigenvalue weighted by molar-refractivity contribution is -0.384. The van der Waals surface area contributed by atoms with Crippen molar-refractivity contribution in [1.29, 1.82) is 0 Å². The van der Waals surface area contributed by atoms with Crippen LogP contribution >= 0.6 is 0 Å². The molecular weight excluding hydrogens is 226 g/mol. The van der Waals surface area contributed by atoms with E-state index in [1.165, 1.54) is 24.3 Å². The third-order valence-corrected chi connectivity index (χ3v) is 2.12. The van der Waals surface area contributed by atoms with Gasteiger partial charge in [-0.2, -0.15) is 0 Å². The Kier molecular flexibility index (Phi) is 3.89. The number of carbonyl (C=O) groups excluding carboxylic acids is 2. The molecule has 7 nitrogen and oxygen atoms in total. The molecule has 0 bridgehead atoms. The number of primary amides is 1. The van der Waals surface area contributed by atoms with E-state index in [1.54, 1.807) is 0 Å². The molecule has 90 valence electrons. The highest BCUT2D eigenvalue weighted by molar-refractivity contribution is 6.02. The van der Waals surface area contributed by atoms with Crippen molar-refractivity contribution in [3.05, 3.63) is 39.9 Å². The van der Waals surface area contributed by atoms with E-state index >= 15 is 0 Å². The second-order valence-corrected chi connectivity index (χ2v) is 3.45. The van der Waals surface area contributed by atoms with Crippen LogP contribution in [0.2, 0.25) is 0 Å². The number of amides is 1. The summed E-state index contributed by atoms with van der Waals surface area (Å²) >= 11 is 0. The zero-order valence-electron chi connectivity index (χ0n) is 8.83. The molecule has 1 aromatic carbocycles. The SMILES string of the molecule is NC(=O)CC(N)C(=O)c1ccc([N+](=O)[O-])cc1. The van der Waals surface area contributed by atoms with Crippen LogP contribution in [0, 0.1) is 10.1 Å². The Morgan fingerprint density at radius 2 is 1.82 bits per heavy atom. The lowest BCUT2D eigenvalue weighted by atomic mass is 10.0. The fourth-order valence-corrected chi connectivity index (χ4v) is 1.27. The molecule has 0 radical (unpaired) electrons. The number of nitrogens with zero attached hydrogens (tertiary/aromatic N) is 1. The summed E-state index contributed by atoms with van der Waals surface area (Å²) in [5.41, 5.74) is 10.5. The van der Waals surface area contributed by atoms with Gasteiger partial charge in [0.2, 0.25) is 5.91 Å². The van der Waals surface area contributed by atoms with Crippen molar-refractivity contribution >= 4 is 17.4 Å². The molecule has 7 heteroatoms. The summed E-state index contributed by atoms with van der Waals surface area (Å²) in [6, 6.07) is 3.96. The fourth-order valence-electron chi connectivity index (χ4n) is 1.27. The number of non-ortho nitro benzene ring substituents is 1. The highest BCUT2D eigenvalue weighted by Crippen LogP contribution is 2.13. The van der Waals surface area contributed by atoms with Gasteiger partial charge in [-0.3, -0.25) is 19.7 Å². The second-order valence-electron chi connectivity index (χ2n) is 3.45. The summed E-state index contributed by atoms with van der Waals surface area (Å²) < 4.78 is 0. The van der Waals surface area contributed by atoms with Crippen LogP contribution < -0.4 is 11.5 Å². The Bertz CT molecular complexity index is 455. The third kappa shape index (κ3) is 3.35. The average Bonchev–Trinajstić information content (AvgIpc) is 2.27. The van der Waals surface area contributed by atoms with E-state index < -0.39 is 22.7 Å². The van der Waals surface area contributed by atoms with Crippen molar-refractivity contribution in [2.75, 3.05) is 0 Å². The molecule has 4 N–H and O–H groups in total. The molecule has 0 aliphatic heterocycles. The zero-order valence-corrected chi connectivity index (χ0v) is 8.83. The van der Waals surface area contributed by atoms with Gasteiger partial charge in [0.25, 0.3) is 5.69 Å². The lowest BCUT2D eigenvalue weighted by Gasteiger charge is -2.07. The van der Waals surface area contributed by atoms with Gasteiger partial charge >= 0.3 is 0 Å². The molecule has 1 aromatic rings. The van der Waals surface area contributed by atoms with Crippen LogP contribution in [0.1, 0.15) is 16.8 Å². The molecule has 0 spiro atoms. The van der Waals surface area contributed by atoms with E-state index in [9.17, 15) is 19.7 Å². The number of ketones is 1. The molecule has 0 fully saturated rings. The van der Waals surface area contributed by atoms with Gasteiger partial charge in [0.1, 0.15) is 0 Å². The van der Waals surface area contributed by atoms with Gasteiger partial charge in [-0.1, -0.05) is 0 Å². The molecule has 1 rings (SSSR count). The number of Topliss-reactive ketones (excluding diaryl/α,β-unsaturated/α-hetero) is 1. The number of nitrogens with two attached hydrogens (primary N) is 2. The van der Waals surface area contributed by atoms with E-state index in [0.29, 0.717) is 0 Å². The standard InChI is InChI=1S/C10H11N3O4/c11-8(5-9(12)14)10(15)6-1-3-7(4-2-6)13(16)17/h1-4,8H,5,11H2,(H2,12,14). The normalized spacial score (nSPS) is 11.8. The van der Waals surface area contributed by atoms with Gasteiger partial charge < -0.3 is 11.5 Å². The fraction of sp³-hybridized carbons (Fsp3) is 0.200. The summed E-state index contributed by atoms with van der Waals surface area (Å²) in [5.74, 6) is -1.15. The van der Waals surface area contributed by atoms with Crippen molar-refractivity contribution in [3.63, 3.8) is 0 Å². The zero-order chi connectivity index (χ0) is 13.0. The summed E-state index contributed by atoms with van der Waals surface area (Å²) in [7, 11) is 0. The van der Waals surface area contributed by atoms with Gasteiger partial charge in [0, 0.05) is 24.1 Å². The van der Waals surface area contributed by atoms with Crippen LogP contribution in [-0.4, -0.2) is 22.7 Å². The Balaban J connectivity index is 2.82. The molecular formula is C10H11N3O4. The number of hydrogen-bond donors (Lipinski definition) is 2. The number of rotatable bonds is 5.